The van der Waals surface area contributed by atoms with Crippen molar-refractivity contribution in [3.8, 4) is 0 Å². The van der Waals surface area contributed by atoms with Gasteiger partial charge < -0.3 is 9.64 Å². The number of nitrogens with zero attached hydrogens (tertiary/aromatic N) is 4. The van der Waals surface area contributed by atoms with Gasteiger partial charge in [-0.05, 0) is 6.92 Å². The van der Waals surface area contributed by atoms with Crippen LogP contribution in [0.15, 0.2) is 17.8 Å². The van der Waals surface area contributed by atoms with E-state index in [2.05, 4.69) is 33.2 Å². The fraction of sp³-hybridized carbons (Fsp3) is 0.636. The van der Waals surface area contributed by atoms with Crippen LogP contribution in [0.3, 0.4) is 0 Å². The second kappa shape index (κ2) is 6.07. The number of rotatable bonds is 5. The summed E-state index contributed by atoms with van der Waals surface area (Å²) in [4.78, 5) is 2.23. The number of hydrogen-bond donors (Lipinski definition) is 0. The molecular weight excluding hydrogens is 236 g/mol. The first-order chi connectivity index (χ1) is 8.36. The largest absolute Gasteiger partial charge is 0.378 e. The van der Waals surface area contributed by atoms with Gasteiger partial charge in [0.25, 0.3) is 0 Å². The van der Waals surface area contributed by atoms with Crippen molar-refractivity contribution >= 4 is 17.7 Å². The molecule has 0 bridgehead atoms. The lowest BCUT2D eigenvalue weighted by atomic mass is 10.4. The monoisotopic (exact) mass is 254 g/mol. The van der Waals surface area contributed by atoms with E-state index in [1.165, 1.54) is 0 Å². The van der Waals surface area contributed by atoms with Crippen LogP contribution in [0.2, 0.25) is 0 Å². The minimum atomic E-state index is 0.770. The molecule has 2 heterocycles. The van der Waals surface area contributed by atoms with Crippen molar-refractivity contribution in [2.45, 2.75) is 18.6 Å². The molecule has 0 aromatic carbocycles. The zero-order chi connectivity index (χ0) is 12.1. The van der Waals surface area contributed by atoms with Crippen molar-refractivity contribution in [1.82, 2.24) is 14.8 Å². The quantitative estimate of drug-likeness (QED) is 0.587. The lowest BCUT2D eigenvalue weighted by molar-refractivity contribution is 0.121. The van der Waals surface area contributed by atoms with Crippen LogP contribution in [0.4, 0.5) is 5.95 Å². The van der Waals surface area contributed by atoms with E-state index in [0.29, 0.717) is 0 Å². The van der Waals surface area contributed by atoms with E-state index in [1.807, 2.05) is 6.08 Å². The highest BCUT2D eigenvalue weighted by atomic mass is 32.2. The Bertz CT molecular complexity index is 374. The summed E-state index contributed by atoms with van der Waals surface area (Å²) in [5, 5.41) is 9.50. The van der Waals surface area contributed by atoms with Gasteiger partial charge in [0, 0.05) is 25.4 Å². The molecule has 5 nitrogen and oxygen atoms in total. The highest BCUT2D eigenvalue weighted by Gasteiger charge is 2.19. The molecule has 0 amide bonds. The van der Waals surface area contributed by atoms with Crippen LogP contribution in [0.5, 0.6) is 0 Å². The second-order valence-corrected chi connectivity index (χ2v) is 4.71. The third-order valence-electron chi connectivity index (χ3n) is 2.64. The van der Waals surface area contributed by atoms with E-state index in [9.17, 15) is 0 Å². The Morgan fingerprint density at radius 3 is 2.82 bits per heavy atom. The maximum absolute atomic E-state index is 5.35. The molecule has 1 saturated heterocycles. The van der Waals surface area contributed by atoms with Crippen LogP contribution in [0.1, 0.15) is 6.92 Å². The van der Waals surface area contributed by atoms with Crippen LogP contribution in [0.25, 0.3) is 0 Å². The fourth-order valence-electron chi connectivity index (χ4n) is 1.80. The van der Waals surface area contributed by atoms with Gasteiger partial charge in [0.1, 0.15) is 0 Å². The zero-order valence-electron chi connectivity index (χ0n) is 10.1. The number of thioether (sulfide) groups is 1. The third-order valence-corrected chi connectivity index (χ3v) is 3.60. The van der Waals surface area contributed by atoms with Crippen LogP contribution < -0.4 is 4.90 Å². The lowest BCUT2D eigenvalue weighted by Gasteiger charge is -2.27. The van der Waals surface area contributed by atoms with E-state index >= 15 is 0 Å². The molecule has 6 heteroatoms. The first kappa shape index (κ1) is 12.4. The lowest BCUT2D eigenvalue weighted by Crippen LogP contribution is -2.38. The zero-order valence-corrected chi connectivity index (χ0v) is 10.9. The maximum atomic E-state index is 5.35. The van der Waals surface area contributed by atoms with Crippen LogP contribution in [0, 0.1) is 0 Å². The summed E-state index contributed by atoms with van der Waals surface area (Å²) in [7, 11) is 0. The molecule has 17 heavy (non-hydrogen) atoms. The first-order valence-corrected chi connectivity index (χ1v) is 6.85. The molecule has 0 atom stereocenters. The SMILES string of the molecule is C=CCSc1nnc(N2CCOCC2)n1CC. The van der Waals surface area contributed by atoms with Crippen molar-refractivity contribution < 1.29 is 4.74 Å². The van der Waals surface area contributed by atoms with Crippen molar-refractivity contribution in [2.75, 3.05) is 37.0 Å². The molecule has 94 valence electrons. The molecule has 1 aliphatic rings. The minimum Gasteiger partial charge on any atom is -0.378 e. The topological polar surface area (TPSA) is 43.2 Å². The molecule has 0 aliphatic carbocycles. The van der Waals surface area contributed by atoms with Gasteiger partial charge in [0.05, 0.1) is 13.2 Å². The molecule has 0 N–H and O–H groups in total. The number of anilines is 1. The second-order valence-electron chi connectivity index (χ2n) is 3.73. The predicted octanol–water partition coefficient (Wildman–Crippen LogP) is 1.41. The van der Waals surface area contributed by atoms with Crippen molar-refractivity contribution in [1.29, 1.82) is 0 Å². The number of hydrogen-bond acceptors (Lipinski definition) is 5. The molecule has 0 unspecified atom stereocenters. The summed E-state index contributed by atoms with van der Waals surface area (Å²) in [6.07, 6.45) is 1.88. The normalized spacial score (nSPS) is 16.2. The molecule has 1 aromatic heterocycles. The standard InChI is InChI=1S/C11H18N4OS/c1-3-9-17-11-13-12-10(15(11)4-2)14-5-7-16-8-6-14/h3H,1,4-9H2,2H3. The van der Waals surface area contributed by atoms with E-state index in [1.54, 1.807) is 11.8 Å². The minimum absolute atomic E-state index is 0.770. The summed E-state index contributed by atoms with van der Waals surface area (Å²) in [5.74, 6) is 1.82. The molecule has 0 radical (unpaired) electrons. The molecular formula is C11H18N4OS. The Kier molecular flexibility index (Phi) is 4.44. The summed E-state index contributed by atoms with van der Waals surface area (Å²) >= 11 is 1.67. The van der Waals surface area contributed by atoms with Gasteiger partial charge >= 0.3 is 0 Å². The molecule has 1 aliphatic heterocycles. The van der Waals surface area contributed by atoms with Crippen molar-refractivity contribution in [2.24, 2.45) is 0 Å². The Morgan fingerprint density at radius 2 is 2.18 bits per heavy atom. The summed E-state index contributed by atoms with van der Waals surface area (Å²) in [6, 6.07) is 0. The van der Waals surface area contributed by atoms with E-state index in [0.717, 1.165) is 49.7 Å². The fourth-order valence-corrected chi connectivity index (χ4v) is 2.53. The highest BCUT2D eigenvalue weighted by molar-refractivity contribution is 7.99. The summed E-state index contributed by atoms with van der Waals surface area (Å²) in [5.41, 5.74) is 0. The number of ether oxygens (including phenoxy) is 1. The number of morpholine rings is 1. The smallest absolute Gasteiger partial charge is 0.228 e. The molecule has 2 rings (SSSR count). The molecule has 0 saturated carbocycles. The van der Waals surface area contributed by atoms with E-state index in [4.69, 9.17) is 4.74 Å². The van der Waals surface area contributed by atoms with E-state index < -0.39 is 0 Å². The van der Waals surface area contributed by atoms with E-state index in [-0.39, 0.29) is 0 Å². The molecule has 1 aromatic rings. The number of aromatic nitrogens is 3. The Hall–Kier alpha value is -1.01. The average Bonchev–Trinajstić information content (AvgIpc) is 2.80. The van der Waals surface area contributed by atoms with Gasteiger partial charge in [-0.15, -0.1) is 16.8 Å². The Morgan fingerprint density at radius 1 is 1.41 bits per heavy atom. The van der Waals surface area contributed by atoms with Gasteiger partial charge in [-0.2, -0.15) is 0 Å². The average molecular weight is 254 g/mol. The van der Waals surface area contributed by atoms with Gasteiger partial charge in [-0.3, -0.25) is 4.57 Å². The third kappa shape index (κ3) is 2.81. The Balaban J connectivity index is 2.15. The Labute approximate surface area is 106 Å². The van der Waals surface area contributed by atoms with Gasteiger partial charge in [0.15, 0.2) is 5.16 Å². The highest BCUT2D eigenvalue weighted by Crippen LogP contribution is 2.22. The van der Waals surface area contributed by atoms with Crippen LogP contribution >= 0.6 is 11.8 Å². The van der Waals surface area contributed by atoms with Gasteiger partial charge in [-0.1, -0.05) is 17.8 Å². The first-order valence-electron chi connectivity index (χ1n) is 5.86. The summed E-state index contributed by atoms with van der Waals surface area (Å²) < 4.78 is 7.50. The maximum Gasteiger partial charge on any atom is 0.228 e. The van der Waals surface area contributed by atoms with Crippen molar-refractivity contribution in [3.05, 3.63) is 12.7 Å². The van der Waals surface area contributed by atoms with Crippen LogP contribution in [-0.2, 0) is 11.3 Å². The van der Waals surface area contributed by atoms with Crippen molar-refractivity contribution in [3.63, 3.8) is 0 Å². The van der Waals surface area contributed by atoms with Crippen LogP contribution in [-0.4, -0.2) is 46.8 Å². The molecule has 0 spiro atoms. The molecule has 1 fully saturated rings. The van der Waals surface area contributed by atoms with Gasteiger partial charge in [0.2, 0.25) is 5.95 Å². The summed E-state index contributed by atoms with van der Waals surface area (Å²) in [6.45, 7) is 10.1. The van der Waals surface area contributed by atoms with Gasteiger partial charge in [-0.25, -0.2) is 0 Å². The predicted molar refractivity (Wildman–Crippen MR) is 69.6 cm³/mol.